The minimum atomic E-state index is -3.79. The summed E-state index contributed by atoms with van der Waals surface area (Å²) in [6.45, 7) is 4.58. The number of halogens is 1. The second kappa shape index (κ2) is 14.6. The Bertz CT molecular complexity index is 1360. The highest BCUT2D eigenvalue weighted by Crippen LogP contribution is 2.23. The molecule has 0 bridgehead atoms. The van der Waals surface area contributed by atoms with E-state index in [0.29, 0.717) is 13.0 Å². The Hall–Kier alpha value is -3.72. The molecule has 0 radical (unpaired) electrons. The smallest absolute Gasteiger partial charge is 0.243 e. The number of sulfonamides is 1. The first-order valence-corrected chi connectivity index (χ1v) is 15.3. The van der Waals surface area contributed by atoms with Gasteiger partial charge in [0.05, 0.1) is 11.9 Å². The highest BCUT2D eigenvalue weighted by molar-refractivity contribution is 7.92. The average Bonchev–Trinajstić information content (AvgIpc) is 2.93. The van der Waals surface area contributed by atoms with Crippen LogP contribution in [0.4, 0.5) is 10.1 Å². The molecule has 1 unspecified atom stereocenters. The van der Waals surface area contributed by atoms with Gasteiger partial charge < -0.3 is 10.2 Å². The largest absolute Gasteiger partial charge is 0.354 e. The number of anilines is 1. The molecule has 0 saturated heterocycles. The molecule has 0 aliphatic carbocycles. The first kappa shape index (κ1) is 30.8. The fourth-order valence-corrected chi connectivity index (χ4v) is 5.41. The van der Waals surface area contributed by atoms with Crippen LogP contribution in [0.5, 0.6) is 0 Å². The SMILES string of the molecule is CCCNC(=O)C(Cc1ccccc1)N(Cc1ccc(C)cc1)C(=O)CCCN(c1ccccc1F)S(C)(=O)=O. The molecule has 2 amide bonds. The quantitative estimate of drug-likeness (QED) is 0.302. The Balaban J connectivity index is 1.87. The van der Waals surface area contributed by atoms with E-state index in [0.717, 1.165) is 33.7 Å². The summed E-state index contributed by atoms with van der Waals surface area (Å²) in [5, 5.41) is 2.94. The molecule has 3 aromatic rings. The van der Waals surface area contributed by atoms with Crippen LogP contribution in [0, 0.1) is 12.7 Å². The van der Waals surface area contributed by atoms with Crippen molar-refractivity contribution in [1.29, 1.82) is 0 Å². The molecule has 214 valence electrons. The third kappa shape index (κ3) is 8.91. The second-order valence-corrected chi connectivity index (χ2v) is 11.8. The van der Waals surface area contributed by atoms with E-state index in [2.05, 4.69) is 5.32 Å². The molecule has 0 aliphatic heterocycles. The van der Waals surface area contributed by atoms with Crippen molar-refractivity contribution in [3.05, 3.63) is 101 Å². The summed E-state index contributed by atoms with van der Waals surface area (Å²) in [6, 6.07) is 22.2. The number of carbonyl (C=O) groups is 2. The van der Waals surface area contributed by atoms with Crippen molar-refractivity contribution in [2.45, 2.75) is 52.1 Å². The summed E-state index contributed by atoms with van der Waals surface area (Å²) in [5.41, 5.74) is 2.82. The van der Waals surface area contributed by atoms with Gasteiger partial charge in [-0.3, -0.25) is 13.9 Å². The maximum Gasteiger partial charge on any atom is 0.243 e. The number of hydrogen-bond acceptors (Lipinski definition) is 4. The van der Waals surface area contributed by atoms with Gasteiger partial charge in [-0.25, -0.2) is 12.8 Å². The molecule has 3 aromatic carbocycles. The minimum Gasteiger partial charge on any atom is -0.354 e. The van der Waals surface area contributed by atoms with Gasteiger partial charge in [0.1, 0.15) is 11.9 Å². The van der Waals surface area contributed by atoms with Crippen LogP contribution in [-0.4, -0.2) is 50.5 Å². The number of rotatable bonds is 14. The lowest BCUT2D eigenvalue weighted by molar-refractivity contribution is -0.141. The van der Waals surface area contributed by atoms with Crippen molar-refractivity contribution >= 4 is 27.5 Å². The van der Waals surface area contributed by atoms with E-state index in [1.165, 1.54) is 18.2 Å². The van der Waals surface area contributed by atoms with Gasteiger partial charge in [0.15, 0.2) is 0 Å². The molecule has 7 nitrogen and oxygen atoms in total. The Morgan fingerprint density at radius 2 is 1.57 bits per heavy atom. The molecular formula is C31H38FN3O4S. The molecule has 0 aromatic heterocycles. The number of hydrogen-bond donors (Lipinski definition) is 1. The van der Waals surface area contributed by atoms with Crippen LogP contribution < -0.4 is 9.62 Å². The Morgan fingerprint density at radius 3 is 2.20 bits per heavy atom. The first-order valence-electron chi connectivity index (χ1n) is 13.5. The van der Waals surface area contributed by atoms with Gasteiger partial charge in [-0.2, -0.15) is 0 Å². The summed E-state index contributed by atoms with van der Waals surface area (Å²) < 4.78 is 40.4. The van der Waals surface area contributed by atoms with E-state index < -0.39 is 21.9 Å². The zero-order valence-corrected chi connectivity index (χ0v) is 24.2. The molecule has 3 rings (SSSR count). The maximum absolute atomic E-state index is 14.4. The fourth-order valence-electron chi connectivity index (χ4n) is 4.45. The number of para-hydroxylation sites is 1. The molecule has 0 spiro atoms. The van der Waals surface area contributed by atoms with E-state index in [-0.39, 0.29) is 43.4 Å². The molecule has 0 aliphatic rings. The lowest BCUT2D eigenvalue weighted by atomic mass is 10.0. The van der Waals surface area contributed by atoms with Crippen molar-refractivity contribution in [3.63, 3.8) is 0 Å². The van der Waals surface area contributed by atoms with Crippen LogP contribution in [0.3, 0.4) is 0 Å². The zero-order chi connectivity index (χ0) is 29.1. The van der Waals surface area contributed by atoms with E-state index in [1.807, 2.05) is 68.4 Å². The third-order valence-corrected chi connectivity index (χ3v) is 7.75. The normalized spacial score (nSPS) is 12.0. The molecule has 1 N–H and O–H groups in total. The van der Waals surface area contributed by atoms with Crippen LogP contribution in [0.25, 0.3) is 0 Å². The van der Waals surface area contributed by atoms with Crippen LogP contribution in [0.1, 0.15) is 42.9 Å². The first-order chi connectivity index (χ1) is 19.1. The van der Waals surface area contributed by atoms with Crippen LogP contribution in [0.2, 0.25) is 0 Å². The van der Waals surface area contributed by atoms with Crippen molar-refractivity contribution in [2.75, 3.05) is 23.7 Å². The zero-order valence-electron chi connectivity index (χ0n) is 23.3. The van der Waals surface area contributed by atoms with Gasteiger partial charge in [0.25, 0.3) is 0 Å². The second-order valence-electron chi connectivity index (χ2n) is 9.89. The number of benzene rings is 3. The van der Waals surface area contributed by atoms with Crippen molar-refractivity contribution in [3.8, 4) is 0 Å². The highest BCUT2D eigenvalue weighted by atomic mass is 32.2. The predicted octanol–water partition coefficient (Wildman–Crippen LogP) is 4.85. The number of carbonyl (C=O) groups excluding carboxylic acids is 2. The van der Waals surface area contributed by atoms with E-state index in [1.54, 1.807) is 11.0 Å². The molecular weight excluding hydrogens is 529 g/mol. The van der Waals surface area contributed by atoms with Gasteiger partial charge in [-0.1, -0.05) is 79.2 Å². The van der Waals surface area contributed by atoms with Gasteiger partial charge >= 0.3 is 0 Å². The van der Waals surface area contributed by atoms with Crippen LogP contribution in [-0.2, 0) is 32.6 Å². The Morgan fingerprint density at radius 1 is 0.925 bits per heavy atom. The maximum atomic E-state index is 14.4. The topological polar surface area (TPSA) is 86.8 Å². The summed E-state index contributed by atoms with van der Waals surface area (Å²) >= 11 is 0. The summed E-state index contributed by atoms with van der Waals surface area (Å²) in [4.78, 5) is 28.7. The van der Waals surface area contributed by atoms with Gasteiger partial charge in [0.2, 0.25) is 21.8 Å². The van der Waals surface area contributed by atoms with Crippen LogP contribution >= 0.6 is 0 Å². The lowest BCUT2D eigenvalue weighted by Gasteiger charge is -2.32. The number of aryl methyl sites for hydroxylation is 1. The minimum absolute atomic E-state index is 0.0152. The predicted molar refractivity (Wildman–Crippen MR) is 157 cm³/mol. The van der Waals surface area contributed by atoms with Crippen LogP contribution in [0.15, 0.2) is 78.9 Å². The number of amides is 2. The molecule has 0 fully saturated rings. The third-order valence-electron chi connectivity index (χ3n) is 6.57. The van der Waals surface area contributed by atoms with Crippen molar-refractivity contribution in [1.82, 2.24) is 10.2 Å². The fraction of sp³-hybridized carbons (Fsp3) is 0.355. The standard InChI is InChI=1S/C31H38FN3O4S/c1-4-20-33-31(37)29(22-25-11-6-5-7-12-25)34(23-26-18-16-24(2)17-19-26)30(36)15-10-21-35(40(3,38)39)28-14-9-8-13-27(28)32/h5-9,11-14,16-19,29H,4,10,15,20-23H2,1-3H3,(H,33,37). The summed E-state index contributed by atoms with van der Waals surface area (Å²) in [6.07, 6.45) is 2.24. The lowest BCUT2D eigenvalue weighted by Crippen LogP contribution is -2.50. The Kier molecular flexibility index (Phi) is 11.3. The molecule has 0 heterocycles. The number of nitrogens with zero attached hydrogens (tertiary/aromatic N) is 2. The monoisotopic (exact) mass is 567 g/mol. The molecule has 1 atom stereocenters. The van der Waals surface area contributed by atoms with Gasteiger partial charge in [-0.15, -0.1) is 0 Å². The van der Waals surface area contributed by atoms with E-state index >= 15 is 0 Å². The summed E-state index contributed by atoms with van der Waals surface area (Å²) in [7, 11) is -3.79. The van der Waals surface area contributed by atoms with Gasteiger partial charge in [0, 0.05) is 32.5 Å². The van der Waals surface area contributed by atoms with E-state index in [9.17, 15) is 22.4 Å². The molecule has 9 heteroatoms. The molecule has 40 heavy (non-hydrogen) atoms. The van der Waals surface area contributed by atoms with E-state index in [4.69, 9.17) is 0 Å². The number of nitrogens with one attached hydrogen (secondary N) is 1. The van der Waals surface area contributed by atoms with Crippen molar-refractivity contribution < 1.29 is 22.4 Å². The average molecular weight is 568 g/mol. The van der Waals surface area contributed by atoms with Gasteiger partial charge in [-0.05, 0) is 43.0 Å². The molecule has 0 saturated carbocycles. The highest BCUT2D eigenvalue weighted by Gasteiger charge is 2.30. The summed E-state index contributed by atoms with van der Waals surface area (Å²) in [5.74, 6) is -1.18. The Labute approximate surface area is 237 Å². The van der Waals surface area contributed by atoms with Crippen molar-refractivity contribution in [2.24, 2.45) is 0 Å².